The summed E-state index contributed by atoms with van der Waals surface area (Å²) in [6.07, 6.45) is 1.76. The van der Waals surface area contributed by atoms with Crippen molar-refractivity contribution in [2.75, 3.05) is 100 Å². The SMILES string of the molecule is C=C(COCCOCCOCCOC)c1ccc(/C(C)=C/OCCOCCOCCOC)cc1. The van der Waals surface area contributed by atoms with Crippen molar-refractivity contribution in [1.29, 1.82) is 0 Å². The van der Waals surface area contributed by atoms with Gasteiger partial charge in [-0.15, -0.1) is 0 Å². The fourth-order valence-electron chi connectivity index (χ4n) is 2.65. The molecule has 194 valence electrons. The number of hydrogen-bond donors (Lipinski definition) is 0. The van der Waals surface area contributed by atoms with Gasteiger partial charge in [-0.2, -0.15) is 0 Å². The quantitative estimate of drug-likeness (QED) is 0.173. The average molecular weight is 483 g/mol. The lowest BCUT2D eigenvalue weighted by Crippen LogP contribution is -2.11. The molecule has 34 heavy (non-hydrogen) atoms. The number of methoxy groups -OCH3 is 2. The first-order valence-electron chi connectivity index (χ1n) is 11.6. The normalized spacial score (nSPS) is 11.7. The second-order valence-electron chi connectivity index (χ2n) is 7.34. The highest BCUT2D eigenvalue weighted by Crippen LogP contribution is 2.18. The van der Waals surface area contributed by atoms with E-state index in [0.717, 1.165) is 22.3 Å². The zero-order valence-corrected chi connectivity index (χ0v) is 21.1. The number of allylic oxidation sites excluding steroid dienone is 1. The molecule has 8 heteroatoms. The first-order valence-corrected chi connectivity index (χ1v) is 11.6. The molecule has 8 nitrogen and oxygen atoms in total. The lowest BCUT2D eigenvalue weighted by atomic mass is 10.0. The molecule has 0 unspecified atom stereocenters. The summed E-state index contributed by atoms with van der Waals surface area (Å²) in [6, 6.07) is 8.18. The van der Waals surface area contributed by atoms with Crippen LogP contribution in [0.2, 0.25) is 0 Å². The molecular formula is C26H42O8. The van der Waals surface area contributed by atoms with Crippen molar-refractivity contribution < 1.29 is 37.9 Å². The van der Waals surface area contributed by atoms with Gasteiger partial charge in [0, 0.05) is 14.2 Å². The standard InChI is InChI=1S/C26H42O8/c1-23(21-33-19-17-31-15-13-29-11-9-27-3)25-5-7-26(8-6-25)24(2)22-34-20-18-32-16-14-30-12-10-28-4/h5-8,22H,1,9-21H2,2-4H3/b24-22+. The molecule has 1 aromatic rings. The summed E-state index contributed by atoms with van der Waals surface area (Å²) in [6.45, 7) is 13.2. The van der Waals surface area contributed by atoms with Gasteiger partial charge in [0.25, 0.3) is 0 Å². The van der Waals surface area contributed by atoms with Crippen LogP contribution in [-0.2, 0) is 37.9 Å². The molecule has 0 bridgehead atoms. The number of rotatable bonds is 23. The molecule has 0 aromatic heterocycles. The highest BCUT2D eigenvalue weighted by atomic mass is 16.6. The van der Waals surface area contributed by atoms with Crippen LogP contribution in [-0.4, -0.2) is 100 Å². The third-order valence-corrected chi connectivity index (χ3v) is 4.61. The molecule has 0 aliphatic heterocycles. The van der Waals surface area contributed by atoms with E-state index in [1.165, 1.54) is 0 Å². The lowest BCUT2D eigenvalue weighted by Gasteiger charge is -2.10. The van der Waals surface area contributed by atoms with Crippen LogP contribution in [0.15, 0.2) is 37.1 Å². The van der Waals surface area contributed by atoms with E-state index in [-0.39, 0.29) is 0 Å². The Hall–Kier alpha value is -1.78. The summed E-state index contributed by atoms with van der Waals surface area (Å²) in [4.78, 5) is 0. The minimum absolute atomic E-state index is 0.461. The topological polar surface area (TPSA) is 73.8 Å². The third kappa shape index (κ3) is 16.0. The van der Waals surface area contributed by atoms with Crippen LogP contribution >= 0.6 is 0 Å². The molecule has 0 radical (unpaired) electrons. The van der Waals surface area contributed by atoms with Crippen molar-refractivity contribution in [1.82, 2.24) is 0 Å². The maximum Gasteiger partial charge on any atom is 0.111 e. The first-order chi connectivity index (χ1) is 16.7. The Morgan fingerprint density at radius 2 is 1.03 bits per heavy atom. The van der Waals surface area contributed by atoms with Gasteiger partial charge in [0.15, 0.2) is 0 Å². The van der Waals surface area contributed by atoms with E-state index in [0.29, 0.717) is 85.9 Å². The number of hydrogen-bond acceptors (Lipinski definition) is 8. The van der Waals surface area contributed by atoms with E-state index in [1.807, 2.05) is 19.1 Å². The van der Waals surface area contributed by atoms with E-state index < -0.39 is 0 Å². The second-order valence-corrected chi connectivity index (χ2v) is 7.34. The molecule has 0 amide bonds. The fraction of sp³-hybridized carbons (Fsp3) is 0.615. The van der Waals surface area contributed by atoms with Gasteiger partial charge in [0.05, 0.1) is 85.5 Å². The zero-order chi connectivity index (χ0) is 24.7. The van der Waals surface area contributed by atoms with E-state index in [2.05, 4.69) is 18.7 Å². The molecule has 0 fully saturated rings. The molecule has 0 aliphatic rings. The molecule has 0 aliphatic carbocycles. The Balaban J connectivity index is 2.13. The van der Waals surface area contributed by atoms with Crippen molar-refractivity contribution in [3.63, 3.8) is 0 Å². The molecule has 0 spiro atoms. The Morgan fingerprint density at radius 1 is 0.618 bits per heavy atom. The Kier molecular flexibility index (Phi) is 19.3. The van der Waals surface area contributed by atoms with E-state index in [9.17, 15) is 0 Å². The predicted octanol–water partition coefficient (Wildman–Crippen LogP) is 3.45. The highest BCUT2D eigenvalue weighted by molar-refractivity contribution is 5.68. The maximum atomic E-state index is 5.65. The summed E-state index contributed by atoms with van der Waals surface area (Å²) >= 11 is 0. The van der Waals surface area contributed by atoms with Gasteiger partial charge in [0.2, 0.25) is 0 Å². The van der Waals surface area contributed by atoms with E-state index >= 15 is 0 Å². The first kappa shape index (κ1) is 30.3. The fourth-order valence-corrected chi connectivity index (χ4v) is 2.65. The summed E-state index contributed by atoms with van der Waals surface area (Å²) in [5.74, 6) is 0. The van der Waals surface area contributed by atoms with Crippen LogP contribution in [0.1, 0.15) is 18.1 Å². The van der Waals surface area contributed by atoms with Crippen LogP contribution in [0.3, 0.4) is 0 Å². The second kappa shape index (κ2) is 21.7. The van der Waals surface area contributed by atoms with Gasteiger partial charge in [-0.1, -0.05) is 30.8 Å². The van der Waals surface area contributed by atoms with Crippen molar-refractivity contribution in [2.24, 2.45) is 0 Å². The van der Waals surface area contributed by atoms with E-state index in [4.69, 9.17) is 37.9 Å². The van der Waals surface area contributed by atoms with Crippen LogP contribution in [0.5, 0.6) is 0 Å². The van der Waals surface area contributed by atoms with Crippen LogP contribution < -0.4 is 0 Å². The minimum Gasteiger partial charge on any atom is -0.498 e. The third-order valence-electron chi connectivity index (χ3n) is 4.61. The Bertz CT molecular complexity index is 645. The van der Waals surface area contributed by atoms with Crippen LogP contribution in [0.4, 0.5) is 0 Å². The van der Waals surface area contributed by atoms with Crippen molar-refractivity contribution in [2.45, 2.75) is 6.92 Å². The molecule has 0 atom stereocenters. The van der Waals surface area contributed by atoms with Crippen molar-refractivity contribution in [3.05, 3.63) is 48.2 Å². The van der Waals surface area contributed by atoms with Gasteiger partial charge in [-0.3, -0.25) is 0 Å². The molecule has 0 N–H and O–H groups in total. The predicted molar refractivity (Wildman–Crippen MR) is 133 cm³/mol. The average Bonchev–Trinajstić information content (AvgIpc) is 2.86. The monoisotopic (exact) mass is 482 g/mol. The summed E-state index contributed by atoms with van der Waals surface area (Å²) in [7, 11) is 3.30. The smallest absolute Gasteiger partial charge is 0.111 e. The Morgan fingerprint density at radius 3 is 1.53 bits per heavy atom. The molecular weight excluding hydrogens is 440 g/mol. The van der Waals surface area contributed by atoms with Gasteiger partial charge in [-0.25, -0.2) is 0 Å². The molecule has 0 heterocycles. The van der Waals surface area contributed by atoms with Gasteiger partial charge in [-0.05, 0) is 29.2 Å². The Labute approximate surface area is 204 Å². The lowest BCUT2D eigenvalue weighted by molar-refractivity contribution is 0.00763. The minimum atomic E-state index is 0.461. The van der Waals surface area contributed by atoms with Crippen LogP contribution in [0.25, 0.3) is 11.1 Å². The maximum absolute atomic E-state index is 5.65. The molecule has 1 aromatic carbocycles. The molecule has 0 saturated heterocycles. The highest BCUT2D eigenvalue weighted by Gasteiger charge is 2.02. The van der Waals surface area contributed by atoms with Gasteiger partial charge < -0.3 is 37.9 Å². The summed E-state index contributed by atoms with van der Waals surface area (Å²) in [5.41, 5.74) is 4.10. The molecule has 1 rings (SSSR count). The van der Waals surface area contributed by atoms with Gasteiger partial charge >= 0.3 is 0 Å². The number of ether oxygens (including phenoxy) is 8. The van der Waals surface area contributed by atoms with Gasteiger partial charge in [0.1, 0.15) is 6.61 Å². The van der Waals surface area contributed by atoms with E-state index in [1.54, 1.807) is 20.5 Å². The molecule has 0 saturated carbocycles. The zero-order valence-electron chi connectivity index (χ0n) is 21.1. The van der Waals surface area contributed by atoms with Crippen LogP contribution in [0, 0.1) is 0 Å². The largest absolute Gasteiger partial charge is 0.498 e. The summed E-state index contributed by atoms with van der Waals surface area (Å²) < 4.78 is 42.6. The van der Waals surface area contributed by atoms with Crippen molar-refractivity contribution in [3.8, 4) is 0 Å². The number of benzene rings is 1. The summed E-state index contributed by atoms with van der Waals surface area (Å²) in [5, 5.41) is 0. The van der Waals surface area contributed by atoms with Crippen molar-refractivity contribution >= 4 is 11.1 Å².